The molecule has 1 rings (SSSR count). The molecule has 0 saturated heterocycles. The fraction of sp³-hybridized carbons (Fsp3) is 0.636. The van der Waals surface area contributed by atoms with E-state index in [1.165, 1.54) is 11.3 Å². The second kappa shape index (κ2) is 6.55. The van der Waals surface area contributed by atoms with Crippen LogP contribution < -0.4 is 16.0 Å². The molecular weight excluding hydrogens is 252 g/mol. The van der Waals surface area contributed by atoms with Gasteiger partial charge in [0, 0.05) is 27.2 Å². The quantitative estimate of drug-likeness (QED) is 0.703. The van der Waals surface area contributed by atoms with Gasteiger partial charge in [0.25, 0.3) is 5.91 Å². The molecule has 0 aliphatic carbocycles. The van der Waals surface area contributed by atoms with E-state index in [0.717, 1.165) is 0 Å². The Balaban J connectivity index is 2.61. The molecule has 0 spiro atoms. The molecule has 0 bridgehead atoms. The average molecular weight is 272 g/mol. The number of nitrogens with one attached hydrogen (secondary N) is 1. The van der Waals surface area contributed by atoms with Gasteiger partial charge < -0.3 is 21.1 Å². The number of nitrogen functional groups attached to an aromatic ring is 1. The number of rotatable bonds is 6. The van der Waals surface area contributed by atoms with E-state index in [9.17, 15) is 4.79 Å². The number of carbonyl (C=O) groups excluding carboxylic acids is 1. The van der Waals surface area contributed by atoms with Crippen molar-refractivity contribution < 1.29 is 9.90 Å². The number of aliphatic hydroxyl groups excluding tert-OH is 1. The Hall–Kier alpha value is -1.34. The zero-order valence-corrected chi connectivity index (χ0v) is 11.8. The Morgan fingerprint density at radius 3 is 2.78 bits per heavy atom. The van der Waals surface area contributed by atoms with E-state index in [1.807, 2.05) is 25.9 Å². The van der Waals surface area contributed by atoms with Gasteiger partial charge >= 0.3 is 0 Å². The van der Waals surface area contributed by atoms with E-state index < -0.39 is 0 Å². The standard InChI is InChI=1S/C11H20N4O2S/c1-7(4-5-16)6-13-10(17)8-9(12)14-11(18-8)15(2)3/h7,16H,4-6,12H2,1-3H3,(H,13,17). The number of aliphatic hydroxyl groups is 1. The predicted octanol–water partition coefficient (Wildman–Crippen LogP) is 0.540. The molecule has 1 unspecified atom stereocenters. The Morgan fingerprint density at radius 2 is 2.28 bits per heavy atom. The highest BCUT2D eigenvalue weighted by Crippen LogP contribution is 2.26. The summed E-state index contributed by atoms with van der Waals surface area (Å²) in [6, 6.07) is 0. The first-order chi connectivity index (χ1) is 8.45. The van der Waals surface area contributed by atoms with E-state index in [2.05, 4.69) is 10.3 Å². The first-order valence-electron chi connectivity index (χ1n) is 5.78. The second-order valence-electron chi connectivity index (χ2n) is 4.43. The number of anilines is 2. The van der Waals surface area contributed by atoms with Crippen molar-refractivity contribution in [3.63, 3.8) is 0 Å². The van der Waals surface area contributed by atoms with E-state index in [0.29, 0.717) is 23.0 Å². The smallest absolute Gasteiger partial charge is 0.265 e. The summed E-state index contributed by atoms with van der Waals surface area (Å²) < 4.78 is 0. The van der Waals surface area contributed by atoms with Crippen molar-refractivity contribution >= 4 is 28.2 Å². The molecule has 0 aliphatic rings. The lowest BCUT2D eigenvalue weighted by molar-refractivity contribution is 0.0950. The van der Waals surface area contributed by atoms with Gasteiger partial charge in [0.15, 0.2) is 5.13 Å². The molecule has 1 atom stereocenters. The monoisotopic (exact) mass is 272 g/mol. The van der Waals surface area contributed by atoms with Gasteiger partial charge in [-0.3, -0.25) is 4.79 Å². The van der Waals surface area contributed by atoms with Crippen LogP contribution >= 0.6 is 11.3 Å². The number of hydrogen-bond donors (Lipinski definition) is 3. The van der Waals surface area contributed by atoms with Crippen LogP contribution in [0.3, 0.4) is 0 Å². The first-order valence-corrected chi connectivity index (χ1v) is 6.60. The summed E-state index contributed by atoms with van der Waals surface area (Å²) in [4.78, 5) is 18.3. The average Bonchev–Trinajstić information content (AvgIpc) is 2.69. The minimum Gasteiger partial charge on any atom is -0.396 e. The molecule has 6 nitrogen and oxygen atoms in total. The number of aromatic nitrogens is 1. The maximum absolute atomic E-state index is 11.9. The van der Waals surface area contributed by atoms with Gasteiger partial charge in [-0.2, -0.15) is 0 Å². The SMILES string of the molecule is CC(CCO)CNC(=O)c1sc(N(C)C)nc1N. The summed E-state index contributed by atoms with van der Waals surface area (Å²) in [5, 5.41) is 12.3. The zero-order chi connectivity index (χ0) is 13.7. The van der Waals surface area contributed by atoms with Crippen molar-refractivity contribution in [1.82, 2.24) is 10.3 Å². The fourth-order valence-corrected chi connectivity index (χ4v) is 2.17. The maximum atomic E-state index is 11.9. The van der Waals surface area contributed by atoms with Crippen LogP contribution in [0, 0.1) is 5.92 Å². The van der Waals surface area contributed by atoms with Crippen LogP contribution in [0.4, 0.5) is 10.9 Å². The molecule has 4 N–H and O–H groups in total. The second-order valence-corrected chi connectivity index (χ2v) is 5.41. The molecule has 102 valence electrons. The highest BCUT2D eigenvalue weighted by Gasteiger charge is 2.17. The van der Waals surface area contributed by atoms with Crippen LogP contribution in [0.1, 0.15) is 23.0 Å². The van der Waals surface area contributed by atoms with Gasteiger partial charge in [0.1, 0.15) is 10.7 Å². The summed E-state index contributed by atoms with van der Waals surface area (Å²) in [5.41, 5.74) is 5.72. The molecule has 0 radical (unpaired) electrons. The van der Waals surface area contributed by atoms with E-state index in [-0.39, 0.29) is 24.2 Å². The molecular formula is C11H20N4O2S. The van der Waals surface area contributed by atoms with E-state index in [4.69, 9.17) is 10.8 Å². The summed E-state index contributed by atoms with van der Waals surface area (Å²) in [6.45, 7) is 2.62. The topological polar surface area (TPSA) is 91.5 Å². The minimum atomic E-state index is -0.206. The lowest BCUT2D eigenvalue weighted by atomic mass is 10.1. The highest BCUT2D eigenvalue weighted by atomic mass is 32.1. The normalized spacial score (nSPS) is 12.2. The molecule has 1 heterocycles. The van der Waals surface area contributed by atoms with Crippen molar-refractivity contribution in [2.24, 2.45) is 5.92 Å². The van der Waals surface area contributed by atoms with Crippen LogP contribution in [0.25, 0.3) is 0 Å². The van der Waals surface area contributed by atoms with Crippen LogP contribution in [-0.2, 0) is 0 Å². The van der Waals surface area contributed by atoms with Crippen molar-refractivity contribution in [3.8, 4) is 0 Å². The van der Waals surface area contributed by atoms with Crippen LogP contribution in [0.5, 0.6) is 0 Å². The van der Waals surface area contributed by atoms with Gasteiger partial charge in [-0.25, -0.2) is 4.98 Å². The molecule has 0 saturated carbocycles. The number of carbonyl (C=O) groups is 1. The van der Waals surface area contributed by atoms with E-state index >= 15 is 0 Å². The number of nitrogens with zero attached hydrogens (tertiary/aromatic N) is 2. The third-order valence-electron chi connectivity index (χ3n) is 2.46. The lowest BCUT2D eigenvalue weighted by Crippen LogP contribution is -2.28. The number of thiazole rings is 1. The van der Waals surface area contributed by atoms with Crippen molar-refractivity contribution in [2.75, 3.05) is 37.9 Å². The molecule has 0 aromatic carbocycles. The maximum Gasteiger partial charge on any atom is 0.265 e. The fourth-order valence-electron chi connectivity index (χ4n) is 1.34. The number of nitrogens with two attached hydrogens (primary N) is 1. The predicted molar refractivity (Wildman–Crippen MR) is 74.1 cm³/mol. The molecule has 18 heavy (non-hydrogen) atoms. The minimum absolute atomic E-state index is 0.129. The van der Waals surface area contributed by atoms with Crippen molar-refractivity contribution in [3.05, 3.63) is 4.88 Å². The summed E-state index contributed by atoms with van der Waals surface area (Å²) in [7, 11) is 3.70. The molecule has 1 amide bonds. The van der Waals surface area contributed by atoms with Crippen LogP contribution in [0.2, 0.25) is 0 Å². The lowest BCUT2D eigenvalue weighted by Gasteiger charge is -2.10. The molecule has 0 aliphatic heterocycles. The Labute approximate surface area is 111 Å². The molecule has 0 fully saturated rings. The van der Waals surface area contributed by atoms with Gasteiger partial charge in [0.05, 0.1) is 0 Å². The molecule has 7 heteroatoms. The van der Waals surface area contributed by atoms with Gasteiger partial charge in [-0.05, 0) is 12.3 Å². The Kier molecular flexibility index (Phi) is 5.36. The molecule has 1 aromatic heterocycles. The molecule has 1 aromatic rings. The van der Waals surface area contributed by atoms with Gasteiger partial charge in [-0.1, -0.05) is 18.3 Å². The largest absolute Gasteiger partial charge is 0.396 e. The van der Waals surface area contributed by atoms with Gasteiger partial charge in [0.2, 0.25) is 0 Å². The summed E-state index contributed by atoms with van der Waals surface area (Å²) in [6.07, 6.45) is 0.668. The third-order valence-corrected chi connectivity index (χ3v) is 3.70. The Bertz CT molecular complexity index is 406. The summed E-state index contributed by atoms with van der Waals surface area (Å²) in [5.74, 6) is 0.292. The van der Waals surface area contributed by atoms with E-state index in [1.54, 1.807) is 0 Å². The van der Waals surface area contributed by atoms with Crippen molar-refractivity contribution in [1.29, 1.82) is 0 Å². The number of amides is 1. The Morgan fingerprint density at radius 1 is 1.61 bits per heavy atom. The van der Waals surface area contributed by atoms with Crippen molar-refractivity contribution in [2.45, 2.75) is 13.3 Å². The third kappa shape index (κ3) is 3.85. The number of hydrogen-bond acceptors (Lipinski definition) is 6. The highest BCUT2D eigenvalue weighted by molar-refractivity contribution is 7.18. The van der Waals surface area contributed by atoms with Gasteiger partial charge in [-0.15, -0.1) is 0 Å². The van der Waals surface area contributed by atoms with Crippen LogP contribution in [0.15, 0.2) is 0 Å². The summed E-state index contributed by atoms with van der Waals surface area (Å²) >= 11 is 1.27. The van der Waals surface area contributed by atoms with Crippen LogP contribution in [-0.4, -0.2) is 43.2 Å². The first kappa shape index (κ1) is 14.7. The zero-order valence-electron chi connectivity index (χ0n) is 10.9.